The van der Waals surface area contributed by atoms with Crippen LogP contribution in [-0.4, -0.2) is 54.4 Å². The molecule has 8 nitrogen and oxygen atoms in total. The number of anilines is 1. The van der Waals surface area contributed by atoms with Crippen LogP contribution in [0.2, 0.25) is 0 Å². The largest absolute Gasteiger partial charge is 0.383 e. The van der Waals surface area contributed by atoms with Crippen molar-refractivity contribution in [2.45, 2.75) is 26.2 Å². The summed E-state index contributed by atoms with van der Waals surface area (Å²) in [6.45, 7) is 4.50. The van der Waals surface area contributed by atoms with Crippen molar-refractivity contribution >= 4 is 11.7 Å². The normalized spacial score (nSPS) is 17.3. The van der Waals surface area contributed by atoms with Gasteiger partial charge in [0.2, 0.25) is 17.6 Å². The molecule has 0 aliphatic carbocycles. The van der Waals surface area contributed by atoms with E-state index in [1.807, 2.05) is 19.1 Å². The Morgan fingerprint density at radius 3 is 3.15 bits per heavy atom. The number of aryl methyl sites for hydroxylation is 1. The predicted octanol–water partition coefficient (Wildman–Crippen LogP) is 1.67. The van der Waals surface area contributed by atoms with E-state index in [0.29, 0.717) is 37.8 Å². The van der Waals surface area contributed by atoms with E-state index in [1.165, 1.54) is 0 Å². The molecule has 1 saturated heterocycles. The second-order valence-corrected chi connectivity index (χ2v) is 6.31. The van der Waals surface area contributed by atoms with Crippen molar-refractivity contribution < 1.29 is 14.1 Å². The molecule has 1 amide bonds. The van der Waals surface area contributed by atoms with Crippen molar-refractivity contribution in [3.05, 3.63) is 24.2 Å². The molecule has 8 heteroatoms. The van der Waals surface area contributed by atoms with Gasteiger partial charge in [-0.1, -0.05) is 12.1 Å². The number of hydrogen-bond donors (Lipinski definition) is 1. The third-order valence-electron chi connectivity index (χ3n) is 4.50. The zero-order valence-corrected chi connectivity index (χ0v) is 15.3. The lowest BCUT2D eigenvalue weighted by Crippen LogP contribution is -2.44. The van der Waals surface area contributed by atoms with Crippen molar-refractivity contribution in [3.8, 4) is 11.4 Å². The number of hydrogen-bond acceptors (Lipinski definition) is 7. The zero-order valence-electron chi connectivity index (χ0n) is 15.3. The summed E-state index contributed by atoms with van der Waals surface area (Å²) in [6, 6.07) is 3.80. The Kier molecular flexibility index (Phi) is 6.17. The summed E-state index contributed by atoms with van der Waals surface area (Å²) in [5.74, 6) is 1.94. The van der Waals surface area contributed by atoms with Crippen LogP contribution in [0.3, 0.4) is 0 Å². The molecular weight excluding hydrogens is 334 g/mol. The van der Waals surface area contributed by atoms with Gasteiger partial charge in [0, 0.05) is 39.4 Å². The lowest BCUT2D eigenvalue weighted by atomic mass is 9.96. The van der Waals surface area contributed by atoms with Crippen LogP contribution in [0.15, 0.2) is 22.9 Å². The van der Waals surface area contributed by atoms with Gasteiger partial charge in [0.05, 0.1) is 18.1 Å². The fraction of sp³-hybridized carbons (Fsp3) is 0.556. The fourth-order valence-electron chi connectivity index (χ4n) is 3.14. The molecule has 2 aromatic rings. The highest BCUT2D eigenvalue weighted by molar-refractivity contribution is 5.80. The van der Waals surface area contributed by atoms with Gasteiger partial charge in [-0.05, 0) is 25.0 Å². The zero-order chi connectivity index (χ0) is 18.4. The van der Waals surface area contributed by atoms with Crippen molar-refractivity contribution in [3.63, 3.8) is 0 Å². The standard InChI is InChI=1S/C18H25N5O3/c1-3-15-21-16(22-26-15)14-7-4-8-19-17(14)23-10-5-6-13(12-23)18(24)20-9-11-25-2/h4,7-8,13H,3,5-6,9-12H2,1-2H3,(H,20,24)/t13-/m0/s1. The number of piperidine rings is 1. The van der Waals surface area contributed by atoms with Gasteiger partial charge < -0.3 is 19.5 Å². The molecule has 0 spiro atoms. The average Bonchev–Trinajstić information content (AvgIpc) is 3.17. The van der Waals surface area contributed by atoms with Gasteiger partial charge in [-0.2, -0.15) is 4.98 Å². The number of carbonyl (C=O) groups is 1. The average molecular weight is 359 g/mol. The maximum absolute atomic E-state index is 12.4. The Bertz CT molecular complexity index is 733. The molecule has 0 saturated carbocycles. The van der Waals surface area contributed by atoms with E-state index in [9.17, 15) is 4.79 Å². The van der Waals surface area contributed by atoms with Crippen LogP contribution in [0.5, 0.6) is 0 Å². The maximum atomic E-state index is 12.4. The molecule has 1 N–H and O–H groups in total. The molecule has 0 aromatic carbocycles. The molecule has 0 unspecified atom stereocenters. The summed E-state index contributed by atoms with van der Waals surface area (Å²) in [6.07, 6.45) is 4.25. The van der Waals surface area contributed by atoms with Crippen LogP contribution in [0.1, 0.15) is 25.7 Å². The van der Waals surface area contributed by atoms with E-state index in [1.54, 1.807) is 13.3 Å². The van der Waals surface area contributed by atoms with Gasteiger partial charge in [0.15, 0.2) is 0 Å². The number of methoxy groups -OCH3 is 1. The van der Waals surface area contributed by atoms with Crippen LogP contribution in [-0.2, 0) is 16.0 Å². The van der Waals surface area contributed by atoms with Crippen LogP contribution in [0.25, 0.3) is 11.4 Å². The number of nitrogens with zero attached hydrogens (tertiary/aromatic N) is 4. The SMILES string of the molecule is CCc1nc(-c2cccnc2N2CCC[C@H](C(=O)NCCOC)C2)no1. The van der Waals surface area contributed by atoms with E-state index in [4.69, 9.17) is 9.26 Å². The monoisotopic (exact) mass is 359 g/mol. The molecule has 140 valence electrons. The molecule has 2 aromatic heterocycles. The van der Waals surface area contributed by atoms with E-state index in [0.717, 1.165) is 30.8 Å². The van der Waals surface area contributed by atoms with Crippen LogP contribution >= 0.6 is 0 Å². The minimum Gasteiger partial charge on any atom is -0.383 e. The Balaban J connectivity index is 1.75. The highest BCUT2D eigenvalue weighted by atomic mass is 16.5. The summed E-state index contributed by atoms with van der Waals surface area (Å²) in [5, 5.41) is 7.00. The van der Waals surface area contributed by atoms with Crippen molar-refractivity contribution in [1.29, 1.82) is 0 Å². The predicted molar refractivity (Wildman–Crippen MR) is 96.7 cm³/mol. The van der Waals surface area contributed by atoms with Crippen LogP contribution < -0.4 is 10.2 Å². The molecule has 3 rings (SSSR count). The fourth-order valence-corrected chi connectivity index (χ4v) is 3.14. The van der Waals surface area contributed by atoms with Gasteiger partial charge >= 0.3 is 0 Å². The van der Waals surface area contributed by atoms with E-state index in [-0.39, 0.29) is 11.8 Å². The summed E-state index contributed by atoms with van der Waals surface area (Å²) in [4.78, 5) is 23.5. The second kappa shape index (κ2) is 8.75. The number of ether oxygens (including phenoxy) is 1. The lowest BCUT2D eigenvalue weighted by Gasteiger charge is -2.33. The van der Waals surface area contributed by atoms with E-state index in [2.05, 4.69) is 25.3 Å². The first-order valence-corrected chi connectivity index (χ1v) is 9.02. The third kappa shape index (κ3) is 4.19. The number of carbonyl (C=O) groups excluding carboxylic acids is 1. The minimum atomic E-state index is -0.0630. The van der Waals surface area contributed by atoms with E-state index >= 15 is 0 Å². The number of rotatable bonds is 7. The highest BCUT2D eigenvalue weighted by Crippen LogP contribution is 2.30. The van der Waals surface area contributed by atoms with Gasteiger partial charge in [-0.15, -0.1) is 0 Å². The second-order valence-electron chi connectivity index (χ2n) is 6.31. The molecule has 1 fully saturated rings. The topological polar surface area (TPSA) is 93.4 Å². The summed E-state index contributed by atoms with van der Waals surface area (Å²) < 4.78 is 10.2. The van der Waals surface area contributed by atoms with Gasteiger partial charge in [-0.25, -0.2) is 4.98 Å². The number of nitrogens with one attached hydrogen (secondary N) is 1. The molecule has 26 heavy (non-hydrogen) atoms. The van der Waals surface area contributed by atoms with Crippen molar-refractivity contribution in [2.75, 3.05) is 38.3 Å². The molecule has 1 aliphatic heterocycles. The Morgan fingerprint density at radius 2 is 2.38 bits per heavy atom. The van der Waals surface area contributed by atoms with E-state index < -0.39 is 0 Å². The smallest absolute Gasteiger partial charge is 0.226 e. The van der Waals surface area contributed by atoms with Crippen molar-refractivity contribution in [2.24, 2.45) is 5.92 Å². The Hall–Kier alpha value is -2.48. The number of pyridine rings is 1. The van der Waals surface area contributed by atoms with Gasteiger partial charge in [-0.3, -0.25) is 4.79 Å². The van der Waals surface area contributed by atoms with Gasteiger partial charge in [0.25, 0.3) is 0 Å². The molecule has 0 bridgehead atoms. The summed E-state index contributed by atoms with van der Waals surface area (Å²) in [5.41, 5.74) is 0.830. The minimum absolute atomic E-state index is 0.0630. The Morgan fingerprint density at radius 1 is 1.50 bits per heavy atom. The number of amides is 1. The first-order chi connectivity index (χ1) is 12.7. The quantitative estimate of drug-likeness (QED) is 0.752. The highest BCUT2D eigenvalue weighted by Gasteiger charge is 2.28. The maximum Gasteiger partial charge on any atom is 0.226 e. The molecular formula is C18H25N5O3. The molecule has 1 aliphatic rings. The first-order valence-electron chi connectivity index (χ1n) is 9.02. The number of aromatic nitrogens is 3. The molecule has 3 heterocycles. The van der Waals surface area contributed by atoms with Gasteiger partial charge in [0.1, 0.15) is 5.82 Å². The third-order valence-corrected chi connectivity index (χ3v) is 4.50. The lowest BCUT2D eigenvalue weighted by molar-refractivity contribution is -0.125. The molecule has 0 radical (unpaired) electrons. The summed E-state index contributed by atoms with van der Waals surface area (Å²) in [7, 11) is 1.62. The van der Waals surface area contributed by atoms with Crippen molar-refractivity contribution in [1.82, 2.24) is 20.4 Å². The van der Waals surface area contributed by atoms with Crippen LogP contribution in [0, 0.1) is 5.92 Å². The van der Waals surface area contributed by atoms with Crippen LogP contribution in [0.4, 0.5) is 5.82 Å². The molecule has 1 atom stereocenters. The summed E-state index contributed by atoms with van der Waals surface area (Å²) >= 11 is 0. The Labute approximate surface area is 152 Å². The first kappa shape index (κ1) is 18.3.